The SMILES string of the molecule is COC(=O)c1[c]noc1. The van der Waals surface area contributed by atoms with E-state index in [4.69, 9.17) is 0 Å². The quantitative estimate of drug-likeness (QED) is 0.506. The first-order valence-electron chi connectivity index (χ1n) is 2.25. The molecule has 0 amide bonds. The van der Waals surface area contributed by atoms with Crippen LogP contribution < -0.4 is 0 Å². The van der Waals surface area contributed by atoms with Crippen molar-refractivity contribution in [2.45, 2.75) is 0 Å². The Hall–Kier alpha value is -1.32. The minimum absolute atomic E-state index is 0.206. The highest BCUT2D eigenvalue weighted by atomic mass is 16.5. The van der Waals surface area contributed by atoms with Gasteiger partial charge in [-0.1, -0.05) is 5.16 Å². The summed E-state index contributed by atoms with van der Waals surface area (Å²) in [4.78, 5) is 10.5. The first kappa shape index (κ1) is 5.81. The van der Waals surface area contributed by atoms with Crippen LogP contribution in [0, 0.1) is 6.20 Å². The Morgan fingerprint density at radius 3 is 3.22 bits per heavy atom. The first-order valence-corrected chi connectivity index (χ1v) is 2.25. The average molecular weight is 126 g/mol. The smallest absolute Gasteiger partial charge is 0.343 e. The van der Waals surface area contributed by atoms with Crippen molar-refractivity contribution in [1.29, 1.82) is 0 Å². The zero-order valence-corrected chi connectivity index (χ0v) is 4.75. The molecule has 1 heterocycles. The summed E-state index contributed by atoms with van der Waals surface area (Å²) in [5, 5.41) is 3.19. The van der Waals surface area contributed by atoms with E-state index in [-0.39, 0.29) is 5.56 Å². The van der Waals surface area contributed by atoms with Gasteiger partial charge in [0.15, 0.2) is 6.20 Å². The lowest BCUT2D eigenvalue weighted by Crippen LogP contribution is -1.98. The summed E-state index contributed by atoms with van der Waals surface area (Å²) in [6.45, 7) is 0. The number of rotatable bonds is 1. The number of carbonyl (C=O) groups excluding carboxylic acids is 1. The third-order valence-corrected chi connectivity index (χ3v) is 0.795. The molecule has 4 heteroatoms. The fourth-order valence-corrected chi connectivity index (χ4v) is 0.385. The van der Waals surface area contributed by atoms with Crippen molar-refractivity contribution in [1.82, 2.24) is 5.16 Å². The monoisotopic (exact) mass is 126 g/mol. The van der Waals surface area contributed by atoms with Crippen molar-refractivity contribution < 1.29 is 14.1 Å². The van der Waals surface area contributed by atoms with Gasteiger partial charge in [-0.25, -0.2) is 4.79 Å². The molecule has 1 aromatic heterocycles. The maximum Gasteiger partial charge on any atom is 0.343 e. The molecule has 0 aromatic carbocycles. The van der Waals surface area contributed by atoms with Gasteiger partial charge in [0.25, 0.3) is 0 Å². The van der Waals surface area contributed by atoms with Crippen LogP contribution in [0.2, 0.25) is 0 Å². The van der Waals surface area contributed by atoms with Gasteiger partial charge < -0.3 is 9.26 Å². The Bertz CT molecular complexity index is 192. The maximum atomic E-state index is 10.5. The third-order valence-electron chi connectivity index (χ3n) is 0.795. The van der Waals surface area contributed by atoms with Crippen LogP contribution in [0.5, 0.6) is 0 Å². The van der Waals surface area contributed by atoms with Crippen LogP contribution in [-0.2, 0) is 4.74 Å². The Balaban J connectivity index is 2.77. The highest BCUT2D eigenvalue weighted by Crippen LogP contribution is 1.95. The molecule has 0 atom stereocenters. The number of methoxy groups -OCH3 is 1. The van der Waals surface area contributed by atoms with E-state index in [0.717, 1.165) is 0 Å². The van der Waals surface area contributed by atoms with Crippen LogP contribution in [0.25, 0.3) is 0 Å². The van der Waals surface area contributed by atoms with Crippen LogP contribution in [0.3, 0.4) is 0 Å². The summed E-state index contributed by atoms with van der Waals surface area (Å²) < 4.78 is 8.66. The summed E-state index contributed by atoms with van der Waals surface area (Å²) in [6.07, 6.45) is 3.47. The largest absolute Gasteiger partial charge is 0.465 e. The summed E-state index contributed by atoms with van der Waals surface area (Å²) in [6, 6.07) is 0. The number of nitrogens with zero attached hydrogens (tertiary/aromatic N) is 1. The second-order valence-corrected chi connectivity index (χ2v) is 1.33. The Morgan fingerprint density at radius 2 is 2.78 bits per heavy atom. The lowest BCUT2D eigenvalue weighted by atomic mass is 10.4. The normalized spacial score (nSPS) is 9.00. The molecule has 47 valence electrons. The molecule has 0 aliphatic rings. The van der Waals surface area contributed by atoms with Gasteiger partial charge in [-0.2, -0.15) is 0 Å². The zero-order chi connectivity index (χ0) is 6.69. The number of aromatic nitrogens is 1. The first-order chi connectivity index (χ1) is 4.34. The topological polar surface area (TPSA) is 52.3 Å². The molecule has 4 nitrogen and oxygen atoms in total. The molecule has 0 aliphatic carbocycles. The molecule has 1 rings (SSSR count). The molecule has 0 saturated carbocycles. The summed E-state index contributed by atoms with van der Waals surface area (Å²) in [5.41, 5.74) is 0.206. The predicted molar refractivity (Wildman–Crippen MR) is 26.7 cm³/mol. The van der Waals surface area contributed by atoms with E-state index in [0.29, 0.717) is 0 Å². The molecule has 0 fully saturated rings. The highest BCUT2D eigenvalue weighted by Gasteiger charge is 2.06. The molecule has 0 saturated heterocycles. The second kappa shape index (κ2) is 2.30. The van der Waals surface area contributed by atoms with Crippen molar-refractivity contribution in [3.05, 3.63) is 18.0 Å². The van der Waals surface area contributed by atoms with Gasteiger partial charge in [0.2, 0.25) is 0 Å². The van der Waals surface area contributed by atoms with Crippen molar-refractivity contribution in [2.75, 3.05) is 7.11 Å². The van der Waals surface area contributed by atoms with Crippen molar-refractivity contribution in [3.63, 3.8) is 0 Å². The van der Waals surface area contributed by atoms with Crippen molar-refractivity contribution in [2.24, 2.45) is 0 Å². The van der Waals surface area contributed by atoms with Crippen LogP contribution in [0.1, 0.15) is 10.4 Å². The number of hydrogen-bond acceptors (Lipinski definition) is 4. The van der Waals surface area contributed by atoms with Crippen molar-refractivity contribution in [3.8, 4) is 0 Å². The second-order valence-electron chi connectivity index (χ2n) is 1.33. The summed E-state index contributed by atoms with van der Waals surface area (Å²) >= 11 is 0. The van der Waals surface area contributed by atoms with Gasteiger partial charge >= 0.3 is 5.97 Å². The Labute approximate surface area is 51.4 Å². The maximum absolute atomic E-state index is 10.5. The van der Waals surface area contributed by atoms with E-state index >= 15 is 0 Å². The molecule has 0 aliphatic heterocycles. The van der Waals surface area contributed by atoms with Crippen LogP contribution in [0.15, 0.2) is 10.8 Å². The van der Waals surface area contributed by atoms with Gasteiger partial charge in [-0.15, -0.1) is 0 Å². The minimum atomic E-state index is -0.490. The van der Waals surface area contributed by atoms with Gasteiger partial charge in [-0.3, -0.25) is 0 Å². The number of ether oxygens (including phenoxy) is 1. The number of hydrogen-bond donors (Lipinski definition) is 0. The van der Waals surface area contributed by atoms with Crippen LogP contribution in [0.4, 0.5) is 0 Å². The minimum Gasteiger partial charge on any atom is -0.465 e. The summed E-state index contributed by atoms with van der Waals surface area (Å²) in [7, 11) is 1.28. The fraction of sp³-hybridized carbons (Fsp3) is 0.200. The number of carbonyl (C=O) groups is 1. The van der Waals surface area contributed by atoms with Gasteiger partial charge in [0, 0.05) is 0 Å². The average Bonchev–Trinajstić information content (AvgIpc) is 2.37. The lowest BCUT2D eigenvalue weighted by Gasteiger charge is -1.88. The Morgan fingerprint density at radius 1 is 2.00 bits per heavy atom. The van der Waals surface area contributed by atoms with Crippen molar-refractivity contribution >= 4 is 5.97 Å². The van der Waals surface area contributed by atoms with Gasteiger partial charge in [0.1, 0.15) is 11.8 Å². The highest BCUT2D eigenvalue weighted by molar-refractivity contribution is 5.88. The standard InChI is InChI=1S/C5H4NO3/c1-8-5(7)4-2-6-9-3-4/h3H,1H3. The fourth-order valence-electron chi connectivity index (χ4n) is 0.385. The van der Waals surface area contributed by atoms with E-state index in [9.17, 15) is 4.79 Å². The van der Waals surface area contributed by atoms with E-state index in [2.05, 4.69) is 20.6 Å². The molecule has 1 radical (unpaired) electrons. The number of esters is 1. The molecule has 0 N–H and O–H groups in total. The van der Waals surface area contributed by atoms with E-state index in [1.807, 2.05) is 0 Å². The third kappa shape index (κ3) is 1.07. The molecule has 0 bridgehead atoms. The molecule has 1 aromatic rings. The lowest BCUT2D eigenvalue weighted by molar-refractivity contribution is 0.0599. The summed E-state index contributed by atoms with van der Waals surface area (Å²) in [5.74, 6) is -0.490. The van der Waals surface area contributed by atoms with E-state index in [1.165, 1.54) is 13.4 Å². The van der Waals surface area contributed by atoms with Crippen LogP contribution >= 0.6 is 0 Å². The van der Waals surface area contributed by atoms with Gasteiger partial charge in [0.05, 0.1) is 7.11 Å². The van der Waals surface area contributed by atoms with Crippen LogP contribution in [-0.4, -0.2) is 18.2 Å². The van der Waals surface area contributed by atoms with E-state index in [1.54, 1.807) is 0 Å². The zero-order valence-electron chi connectivity index (χ0n) is 4.75. The molecule has 0 unspecified atom stereocenters. The molecule has 0 spiro atoms. The Kier molecular flexibility index (Phi) is 1.48. The van der Waals surface area contributed by atoms with E-state index < -0.39 is 5.97 Å². The molecular weight excluding hydrogens is 122 g/mol. The predicted octanol–water partition coefficient (Wildman–Crippen LogP) is 0.261. The molecule has 9 heavy (non-hydrogen) atoms. The van der Waals surface area contributed by atoms with Gasteiger partial charge in [-0.05, 0) is 0 Å². The molecular formula is C5H4NO3.